The molecular formula is C13H25NO. The maximum absolute atomic E-state index is 8.99. The molecule has 2 heteroatoms. The zero-order chi connectivity index (χ0) is 10.8. The van der Waals surface area contributed by atoms with Gasteiger partial charge in [0.15, 0.2) is 0 Å². The fourth-order valence-corrected chi connectivity index (χ4v) is 3.73. The Hall–Kier alpha value is -0.0800. The lowest BCUT2D eigenvalue weighted by atomic mass is 9.84. The Balaban J connectivity index is 1.72. The van der Waals surface area contributed by atoms with Crippen LogP contribution < -0.4 is 5.32 Å². The fraction of sp³-hybridized carbons (Fsp3) is 1.00. The van der Waals surface area contributed by atoms with Gasteiger partial charge in [0, 0.05) is 12.1 Å². The van der Waals surface area contributed by atoms with Crippen LogP contribution in [0.3, 0.4) is 0 Å². The molecule has 0 heterocycles. The second kappa shape index (κ2) is 4.84. The van der Waals surface area contributed by atoms with E-state index < -0.39 is 0 Å². The largest absolute Gasteiger partial charge is 0.395 e. The van der Waals surface area contributed by atoms with Crippen molar-refractivity contribution in [2.75, 3.05) is 6.61 Å². The van der Waals surface area contributed by atoms with Crippen molar-refractivity contribution >= 4 is 0 Å². The molecule has 2 aliphatic rings. The predicted molar refractivity (Wildman–Crippen MR) is 62.7 cm³/mol. The van der Waals surface area contributed by atoms with Crippen LogP contribution in [-0.4, -0.2) is 23.8 Å². The Bertz CT molecular complexity index is 207. The summed E-state index contributed by atoms with van der Waals surface area (Å²) in [6.07, 6.45) is 7.27. The summed E-state index contributed by atoms with van der Waals surface area (Å²) >= 11 is 0. The third-order valence-corrected chi connectivity index (χ3v) is 4.38. The van der Waals surface area contributed by atoms with E-state index in [0.717, 1.165) is 17.8 Å². The minimum Gasteiger partial charge on any atom is -0.395 e. The van der Waals surface area contributed by atoms with Crippen molar-refractivity contribution in [3.63, 3.8) is 0 Å². The average Bonchev–Trinajstić information content (AvgIpc) is 2.78. The van der Waals surface area contributed by atoms with Gasteiger partial charge in [0.25, 0.3) is 0 Å². The van der Waals surface area contributed by atoms with Gasteiger partial charge in [-0.05, 0) is 57.3 Å². The van der Waals surface area contributed by atoms with Crippen molar-refractivity contribution in [2.45, 2.75) is 58.0 Å². The van der Waals surface area contributed by atoms with Gasteiger partial charge in [-0.2, -0.15) is 0 Å². The Labute approximate surface area is 93.5 Å². The van der Waals surface area contributed by atoms with Gasteiger partial charge in [-0.1, -0.05) is 6.42 Å². The minimum atomic E-state index is 0.249. The van der Waals surface area contributed by atoms with Gasteiger partial charge in [0.2, 0.25) is 0 Å². The topological polar surface area (TPSA) is 32.3 Å². The fourth-order valence-electron chi connectivity index (χ4n) is 3.73. The van der Waals surface area contributed by atoms with E-state index in [2.05, 4.69) is 19.2 Å². The predicted octanol–water partition coefficient (Wildman–Crippen LogP) is 2.17. The first-order valence-corrected chi connectivity index (χ1v) is 6.56. The van der Waals surface area contributed by atoms with Crippen molar-refractivity contribution in [1.82, 2.24) is 5.32 Å². The van der Waals surface area contributed by atoms with Crippen LogP contribution in [0.2, 0.25) is 0 Å². The number of aliphatic hydroxyl groups excluding tert-OH is 1. The van der Waals surface area contributed by atoms with Gasteiger partial charge >= 0.3 is 0 Å². The summed E-state index contributed by atoms with van der Waals surface area (Å²) in [5.41, 5.74) is 0. The lowest BCUT2D eigenvalue weighted by Crippen LogP contribution is -2.38. The zero-order valence-electron chi connectivity index (χ0n) is 10.1. The molecule has 0 aromatic carbocycles. The standard InChI is InChI=1S/C13H25NO/c1-9(14-10(2)8-15)5-13-7-11-3-4-12(13)6-11/h9-15H,3-8H2,1-2H3/t9?,10-,11?,12?,13?/m1/s1. The van der Waals surface area contributed by atoms with Crippen molar-refractivity contribution in [3.05, 3.63) is 0 Å². The summed E-state index contributed by atoms with van der Waals surface area (Å²) in [6.45, 7) is 4.57. The van der Waals surface area contributed by atoms with Crippen LogP contribution in [-0.2, 0) is 0 Å². The molecule has 2 rings (SSSR count). The number of nitrogens with one attached hydrogen (secondary N) is 1. The molecule has 5 atom stereocenters. The van der Waals surface area contributed by atoms with Crippen molar-refractivity contribution in [3.8, 4) is 0 Å². The molecule has 0 aromatic rings. The van der Waals surface area contributed by atoms with Gasteiger partial charge in [-0.15, -0.1) is 0 Å². The van der Waals surface area contributed by atoms with Crippen LogP contribution >= 0.6 is 0 Å². The molecule has 4 unspecified atom stereocenters. The molecule has 0 aromatic heterocycles. The number of aliphatic hydroxyl groups is 1. The second-order valence-corrected chi connectivity index (χ2v) is 5.82. The van der Waals surface area contributed by atoms with E-state index >= 15 is 0 Å². The van der Waals surface area contributed by atoms with E-state index in [9.17, 15) is 0 Å². The zero-order valence-corrected chi connectivity index (χ0v) is 10.1. The van der Waals surface area contributed by atoms with E-state index in [-0.39, 0.29) is 12.6 Å². The Morgan fingerprint density at radius 3 is 2.53 bits per heavy atom. The average molecular weight is 211 g/mol. The smallest absolute Gasteiger partial charge is 0.0582 e. The molecule has 15 heavy (non-hydrogen) atoms. The van der Waals surface area contributed by atoms with Crippen LogP contribution in [0.15, 0.2) is 0 Å². The minimum absolute atomic E-state index is 0.249. The van der Waals surface area contributed by atoms with Crippen LogP contribution in [0.4, 0.5) is 0 Å². The summed E-state index contributed by atoms with van der Waals surface area (Å²) in [7, 11) is 0. The summed E-state index contributed by atoms with van der Waals surface area (Å²) in [4.78, 5) is 0. The molecule has 2 saturated carbocycles. The molecule has 2 N–H and O–H groups in total. The van der Waals surface area contributed by atoms with Crippen LogP contribution in [0.5, 0.6) is 0 Å². The summed E-state index contributed by atoms with van der Waals surface area (Å²) < 4.78 is 0. The lowest BCUT2D eigenvalue weighted by Gasteiger charge is -2.26. The highest BCUT2D eigenvalue weighted by Gasteiger charge is 2.39. The summed E-state index contributed by atoms with van der Waals surface area (Å²) in [6, 6.07) is 0.815. The van der Waals surface area contributed by atoms with Crippen LogP contribution in [0.1, 0.15) is 46.0 Å². The molecular weight excluding hydrogens is 186 g/mol. The Kier molecular flexibility index (Phi) is 3.68. The van der Waals surface area contributed by atoms with Crippen molar-refractivity contribution < 1.29 is 5.11 Å². The van der Waals surface area contributed by atoms with Crippen molar-refractivity contribution in [2.24, 2.45) is 17.8 Å². The van der Waals surface area contributed by atoms with Crippen molar-refractivity contribution in [1.29, 1.82) is 0 Å². The van der Waals surface area contributed by atoms with Gasteiger partial charge in [-0.3, -0.25) is 0 Å². The molecule has 0 saturated heterocycles. The lowest BCUT2D eigenvalue weighted by molar-refractivity contribution is 0.224. The highest BCUT2D eigenvalue weighted by Crippen LogP contribution is 2.49. The van der Waals surface area contributed by atoms with Crippen LogP contribution in [0, 0.1) is 17.8 Å². The molecule has 0 spiro atoms. The SMILES string of the molecule is CC(CC1CC2CCC1C2)N[C@H](C)CO. The molecule has 0 radical (unpaired) electrons. The van der Waals surface area contributed by atoms with Gasteiger partial charge in [-0.25, -0.2) is 0 Å². The van der Waals surface area contributed by atoms with Gasteiger partial charge in [0.1, 0.15) is 0 Å². The number of hydrogen-bond donors (Lipinski definition) is 2. The molecule has 2 bridgehead atoms. The highest BCUT2D eigenvalue weighted by atomic mass is 16.3. The molecule has 0 aliphatic heterocycles. The van der Waals surface area contributed by atoms with E-state index in [1.165, 1.54) is 32.1 Å². The summed E-state index contributed by atoms with van der Waals surface area (Å²) in [5.74, 6) is 3.06. The Morgan fingerprint density at radius 2 is 2.00 bits per heavy atom. The number of rotatable bonds is 5. The maximum Gasteiger partial charge on any atom is 0.0582 e. The third kappa shape index (κ3) is 2.73. The van der Waals surface area contributed by atoms with Gasteiger partial charge in [0.05, 0.1) is 6.61 Å². The molecule has 2 nitrogen and oxygen atoms in total. The van der Waals surface area contributed by atoms with E-state index in [0.29, 0.717) is 6.04 Å². The molecule has 2 aliphatic carbocycles. The van der Waals surface area contributed by atoms with Gasteiger partial charge < -0.3 is 10.4 Å². The third-order valence-electron chi connectivity index (χ3n) is 4.38. The maximum atomic E-state index is 8.99. The molecule has 2 fully saturated rings. The monoisotopic (exact) mass is 211 g/mol. The molecule has 0 amide bonds. The van der Waals surface area contributed by atoms with E-state index in [4.69, 9.17) is 5.11 Å². The number of hydrogen-bond acceptors (Lipinski definition) is 2. The first-order chi connectivity index (χ1) is 7.19. The second-order valence-electron chi connectivity index (χ2n) is 5.82. The summed E-state index contributed by atoms with van der Waals surface area (Å²) in [5, 5.41) is 12.5. The first-order valence-electron chi connectivity index (χ1n) is 6.56. The first kappa shape index (κ1) is 11.4. The number of fused-ring (bicyclic) bond motifs is 2. The highest BCUT2D eigenvalue weighted by molar-refractivity contribution is 4.91. The van der Waals surface area contributed by atoms with E-state index in [1.807, 2.05) is 0 Å². The van der Waals surface area contributed by atoms with E-state index in [1.54, 1.807) is 0 Å². The normalized spacial score (nSPS) is 38.2. The Morgan fingerprint density at radius 1 is 1.20 bits per heavy atom. The molecule has 88 valence electrons. The quantitative estimate of drug-likeness (QED) is 0.730. The van der Waals surface area contributed by atoms with Crippen LogP contribution in [0.25, 0.3) is 0 Å².